The maximum Gasteiger partial charge on any atom is 0.319 e. The van der Waals surface area contributed by atoms with Crippen LogP contribution in [0.2, 0.25) is 0 Å². The van der Waals surface area contributed by atoms with E-state index in [9.17, 15) is 9.18 Å². The number of amides is 2. The van der Waals surface area contributed by atoms with Crippen LogP contribution < -0.4 is 15.5 Å². The minimum atomic E-state index is -0.319. The van der Waals surface area contributed by atoms with Gasteiger partial charge in [-0.3, -0.25) is 0 Å². The van der Waals surface area contributed by atoms with Crippen molar-refractivity contribution in [2.75, 3.05) is 23.3 Å². The third kappa shape index (κ3) is 4.00. The SMILES string of the molecule is Cc1cccc(N2CC[C@@H](NC(=O)Nc3ccc(F)cc3)C2)c1. The second-order valence-electron chi connectivity index (χ2n) is 5.88. The molecule has 1 saturated heterocycles. The third-order valence-electron chi connectivity index (χ3n) is 3.99. The zero-order chi connectivity index (χ0) is 16.2. The van der Waals surface area contributed by atoms with E-state index < -0.39 is 0 Å². The van der Waals surface area contributed by atoms with Crippen molar-refractivity contribution in [1.29, 1.82) is 0 Å². The standard InChI is InChI=1S/C18H20FN3O/c1-13-3-2-4-17(11-13)22-10-9-16(12-22)21-18(23)20-15-7-5-14(19)6-8-15/h2-8,11,16H,9-10,12H2,1H3,(H2,20,21,23)/t16-/m1/s1. The van der Waals surface area contributed by atoms with Gasteiger partial charge in [0.1, 0.15) is 5.82 Å². The fraction of sp³-hybridized carbons (Fsp3) is 0.278. The Labute approximate surface area is 135 Å². The highest BCUT2D eigenvalue weighted by molar-refractivity contribution is 5.89. The van der Waals surface area contributed by atoms with E-state index in [2.05, 4.69) is 40.7 Å². The number of aryl methyl sites for hydroxylation is 1. The number of hydrogen-bond acceptors (Lipinski definition) is 2. The predicted molar refractivity (Wildman–Crippen MR) is 90.4 cm³/mol. The smallest absolute Gasteiger partial charge is 0.319 e. The van der Waals surface area contributed by atoms with Crippen LogP contribution in [0.15, 0.2) is 48.5 Å². The number of hydrogen-bond donors (Lipinski definition) is 2. The van der Waals surface area contributed by atoms with Gasteiger partial charge < -0.3 is 15.5 Å². The van der Waals surface area contributed by atoms with Crippen LogP contribution in [0.1, 0.15) is 12.0 Å². The number of urea groups is 1. The minimum Gasteiger partial charge on any atom is -0.369 e. The first-order valence-corrected chi connectivity index (χ1v) is 7.75. The van der Waals surface area contributed by atoms with Crippen molar-refractivity contribution >= 4 is 17.4 Å². The lowest BCUT2D eigenvalue weighted by Gasteiger charge is -2.19. The maximum atomic E-state index is 12.9. The number of benzene rings is 2. The van der Waals surface area contributed by atoms with Gasteiger partial charge in [0.2, 0.25) is 0 Å². The summed E-state index contributed by atoms with van der Waals surface area (Å²) in [5.74, 6) is -0.319. The first kappa shape index (κ1) is 15.3. The van der Waals surface area contributed by atoms with Gasteiger partial charge in [-0.05, 0) is 55.3 Å². The lowest BCUT2D eigenvalue weighted by molar-refractivity contribution is 0.249. The molecule has 1 aliphatic heterocycles. The largest absolute Gasteiger partial charge is 0.369 e. The maximum absolute atomic E-state index is 12.9. The molecule has 0 bridgehead atoms. The molecule has 5 heteroatoms. The number of nitrogens with zero attached hydrogens (tertiary/aromatic N) is 1. The van der Waals surface area contributed by atoms with E-state index in [-0.39, 0.29) is 17.9 Å². The molecule has 2 N–H and O–H groups in total. The highest BCUT2D eigenvalue weighted by Gasteiger charge is 2.24. The van der Waals surface area contributed by atoms with Crippen LogP contribution in [-0.4, -0.2) is 25.2 Å². The summed E-state index contributed by atoms with van der Waals surface area (Å²) in [7, 11) is 0. The van der Waals surface area contributed by atoms with Gasteiger partial charge in [0.25, 0.3) is 0 Å². The average Bonchev–Trinajstić information content (AvgIpc) is 2.98. The Hall–Kier alpha value is -2.56. The predicted octanol–water partition coefficient (Wildman–Crippen LogP) is 3.53. The number of nitrogens with one attached hydrogen (secondary N) is 2. The summed E-state index contributed by atoms with van der Waals surface area (Å²) in [4.78, 5) is 14.3. The van der Waals surface area contributed by atoms with E-state index in [4.69, 9.17) is 0 Å². The number of halogens is 1. The van der Waals surface area contributed by atoms with Crippen LogP contribution in [0.3, 0.4) is 0 Å². The van der Waals surface area contributed by atoms with Crippen LogP contribution in [0, 0.1) is 12.7 Å². The average molecular weight is 313 g/mol. The van der Waals surface area contributed by atoms with E-state index in [1.165, 1.54) is 23.4 Å². The molecular weight excluding hydrogens is 293 g/mol. The highest BCUT2D eigenvalue weighted by Crippen LogP contribution is 2.21. The quantitative estimate of drug-likeness (QED) is 0.910. The van der Waals surface area contributed by atoms with Crippen molar-refractivity contribution in [1.82, 2.24) is 5.32 Å². The second-order valence-corrected chi connectivity index (χ2v) is 5.88. The van der Waals surface area contributed by atoms with Gasteiger partial charge in [0.15, 0.2) is 0 Å². The molecule has 2 aromatic carbocycles. The van der Waals surface area contributed by atoms with Crippen molar-refractivity contribution in [3.63, 3.8) is 0 Å². The van der Waals surface area contributed by atoms with Crippen LogP contribution in [-0.2, 0) is 0 Å². The van der Waals surface area contributed by atoms with Crippen molar-refractivity contribution in [3.05, 3.63) is 59.9 Å². The molecule has 0 spiro atoms. The normalized spacial score (nSPS) is 17.1. The Kier molecular flexibility index (Phi) is 4.46. The van der Waals surface area contributed by atoms with Crippen LogP contribution >= 0.6 is 0 Å². The molecule has 0 unspecified atom stereocenters. The van der Waals surface area contributed by atoms with E-state index in [0.29, 0.717) is 5.69 Å². The van der Waals surface area contributed by atoms with E-state index in [0.717, 1.165) is 19.5 Å². The number of carbonyl (C=O) groups is 1. The Morgan fingerprint density at radius 3 is 2.74 bits per heavy atom. The number of rotatable bonds is 3. The lowest BCUT2D eigenvalue weighted by atomic mass is 10.2. The monoisotopic (exact) mass is 313 g/mol. The molecule has 1 fully saturated rings. The summed E-state index contributed by atoms with van der Waals surface area (Å²) in [5.41, 5.74) is 3.00. The Morgan fingerprint density at radius 1 is 1.22 bits per heavy atom. The van der Waals surface area contributed by atoms with E-state index >= 15 is 0 Å². The molecule has 0 saturated carbocycles. The van der Waals surface area contributed by atoms with Crippen LogP contribution in [0.4, 0.5) is 20.6 Å². The molecule has 0 aromatic heterocycles. The topological polar surface area (TPSA) is 44.4 Å². The Balaban J connectivity index is 1.53. The van der Waals surface area contributed by atoms with Crippen molar-refractivity contribution in [2.45, 2.75) is 19.4 Å². The minimum absolute atomic E-state index is 0.107. The second kappa shape index (κ2) is 6.69. The summed E-state index contributed by atoms with van der Waals surface area (Å²) in [6.07, 6.45) is 0.908. The first-order valence-electron chi connectivity index (χ1n) is 7.75. The van der Waals surface area contributed by atoms with Crippen molar-refractivity contribution in [2.24, 2.45) is 0 Å². The third-order valence-corrected chi connectivity index (χ3v) is 3.99. The van der Waals surface area contributed by atoms with Gasteiger partial charge in [0, 0.05) is 30.5 Å². The van der Waals surface area contributed by atoms with E-state index in [1.807, 2.05) is 6.07 Å². The van der Waals surface area contributed by atoms with Gasteiger partial charge in [-0.15, -0.1) is 0 Å². The van der Waals surface area contributed by atoms with Crippen molar-refractivity contribution in [3.8, 4) is 0 Å². The fourth-order valence-corrected chi connectivity index (χ4v) is 2.82. The molecule has 2 amide bonds. The number of carbonyl (C=O) groups excluding carboxylic acids is 1. The van der Waals surface area contributed by atoms with E-state index in [1.54, 1.807) is 12.1 Å². The summed E-state index contributed by atoms with van der Waals surface area (Å²) >= 11 is 0. The van der Waals surface area contributed by atoms with Crippen molar-refractivity contribution < 1.29 is 9.18 Å². The number of anilines is 2. The fourth-order valence-electron chi connectivity index (χ4n) is 2.82. The van der Waals surface area contributed by atoms with Gasteiger partial charge in [-0.25, -0.2) is 9.18 Å². The zero-order valence-electron chi connectivity index (χ0n) is 13.1. The Morgan fingerprint density at radius 2 is 2.00 bits per heavy atom. The molecule has 1 aliphatic rings. The molecule has 0 radical (unpaired) electrons. The molecule has 4 nitrogen and oxygen atoms in total. The van der Waals surface area contributed by atoms with Gasteiger partial charge in [-0.1, -0.05) is 12.1 Å². The molecule has 120 valence electrons. The summed E-state index contributed by atoms with van der Waals surface area (Å²) in [5, 5.41) is 5.70. The first-order chi connectivity index (χ1) is 11.1. The van der Waals surface area contributed by atoms with Gasteiger partial charge >= 0.3 is 6.03 Å². The van der Waals surface area contributed by atoms with Crippen LogP contribution in [0.25, 0.3) is 0 Å². The lowest BCUT2D eigenvalue weighted by Crippen LogP contribution is -2.39. The molecular formula is C18H20FN3O. The highest BCUT2D eigenvalue weighted by atomic mass is 19.1. The molecule has 1 heterocycles. The zero-order valence-corrected chi connectivity index (χ0v) is 13.1. The molecule has 3 rings (SSSR count). The molecule has 2 aromatic rings. The van der Waals surface area contributed by atoms with Gasteiger partial charge in [-0.2, -0.15) is 0 Å². The molecule has 0 aliphatic carbocycles. The molecule has 1 atom stereocenters. The Bertz CT molecular complexity index is 687. The summed E-state index contributed by atoms with van der Waals surface area (Å²) in [6.45, 7) is 3.79. The molecule has 23 heavy (non-hydrogen) atoms. The van der Waals surface area contributed by atoms with Gasteiger partial charge in [0.05, 0.1) is 0 Å². The summed E-state index contributed by atoms with van der Waals surface area (Å²) < 4.78 is 12.9. The summed E-state index contributed by atoms with van der Waals surface area (Å²) in [6, 6.07) is 14.0. The van der Waals surface area contributed by atoms with Crippen LogP contribution in [0.5, 0.6) is 0 Å².